The molecule has 0 bridgehead atoms. The summed E-state index contributed by atoms with van der Waals surface area (Å²) in [5, 5.41) is 7.77. The Morgan fingerprint density at radius 3 is 2.95 bits per heavy atom. The van der Waals surface area contributed by atoms with Crippen molar-refractivity contribution < 1.29 is 4.74 Å². The van der Waals surface area contributed by atoms with Crippen molar-refractivity contribution in [1.29, 1.82) is 0 Å². The summed E-state index contributed by atoms with van der Waals surface area (Å²) in [4.78, 5) is 8.79. The third-order valence-electron chi connectivity index (χ3n) is 3.51. The first-order chi connectivity index (χ1) is 9.90. The van der Waals surface area contributed by atoms with Gasteiger partial charge in [-0.1, -0.05) is 18.2 Å². The number of H-pyrrole nitrogens is 1. The Labute approximate surface area is 116 Å². The fraction of sp³-hybridized carbons (Fsp3) is 0.267. The van der Waals surface area contributed by atoms with Crippen LogP contribution < -0.4 is 4.74 Å². The number of nitrogens with zero attached hydrogens (tertiary/aromatic N) is 3. The van der Waals surface area contributed by atoms with E-state index in [2.05, 4.69) is 20.2 Å². The Bertz CT molecular complexity index is 735. The van der Waals surface area contributed by atoms with Crippen molar-refractivity contribution in [2.75, 3.05) is 6.61 Å². The Morgan fingerprint density at radius 2 is 2.15 bits per heavy atom. The fourth-order valence-electron chi connectivity index (χ4n) is 2.19. The number of hydrogen-bond donors (Lipinski definition) is 1. The molecule has 100 valence electrons. The monoisotopic (exact) mass is 266 g/mol. The summed E-state index contributed by atoms with van der Waals surface area (Å²) in [5.74, 6) is 2.24. The number of ether oxygens (including phenoxy) is 1. The summed E-state index contributed by atoms with van der Waals surface area (Å²) in [6.45, 7) is 0.785. The number of pyridine rings is 1. The van der Waals surface area contributed by atoms with Crippen molar-refractivity contribution in [3.8, 4) is 17.3 Å². The molecule has 1 aliphatic rings. The van der Waals surface area contributed by atoms with Crippen LogP contribution in [0.3, 0.4) is 0 Å². The summed E-state index contributed by atoms with van der Waals surface area (Å²) >= 11 is 0. The molecule has 0 spiro atoms. The highest BCUT2D eigenvalue weighted by Gasteiger charge is 2.22. The number of nitrogens with one attached hydrogen (secondary N) is 1. The van der Waals surface area contributed by atoms with Gasteiger partial charge in [0.25, 0.3) is 0 Å². The number of aromatic nitrogens is 4. The third-order valence-corrected chi connectivity index (χ3v) is 3.51. The molecule has 0 radical (unpaired) electrons. The summed E-state index contributed by atoms with van der Waals surface area (Å²) < 4.78 is 5.91. The van der Waals surface area contributed by atoms with Crippen LogP contribution in [-0.4, -0.2) is 26.8 Å². The average Bonchev–Trinajstić information content (AvgIpc) is 3.16. The lowest BCUT2D eigenvalue weighted by molar-refractivity contribution is 0.302. The van der Waals surface area contributed by atoms with E-state index < -0.39 is 0 Å². The van der Waals surface area contributed by atoms with Gasteiger partial charge >= 0.3 is 0 Å². The predicted molar refractivity (Wildman–Crippen MR) is 75.3 cm³/mol. The normalized spacial score (nSPS) is 14.6. The first-order valence-corrected chi connectivity index (χ1v) is 6.78. The minimum atomic E-state index is 0.670. The highest BCUT2D eigenvalue weighted by atomic mass is 16.5. The van der Waals surface area contributed by atoms with Crippen molar-refractivity contribution in [2.24, 2.45) is 5.92 Å². The lowest BCUT2D eigenvalue weighted by atomic mass is 10.2. The molecule has 20 heavy (non-hydrogen) atoms. The van der Waals surface area contributed by atoms with Crippen LogP contribution in [0.15, 0.2) is 36.7 Å². The molecule has 0 aliphatic heterocycles. The maximum absolute atomic E-state index is 5.91. The van der Waals surface area contributed by atoms with Gasteiger partial charge in [-0.3, -0.25) is 5.10 Å². The number of benzene rings is 1. The third kappa shape index (κ3) is 2.11. The van der Waals surface area contributed by atoms with Crippen LogP contribution in [0.2, 0.25) is 0 Å². The number of fused-ring (bicyclic) bond motifs is 1. The molecular formula is C15H14N4O. The zero-order valence-corrected chi connectivity index (χ0v) is 10.9. The molecule has 2 aromatic heterocycles. The molecule has 1 saturated carbocycles. The summed E-state index contributed by atoms with van der Waals surface area (Å²) in [6, 6.07) is 9.98. The molecule has 1 N–H and O–H groups in total. The van der Waals surface area contributed by atoms with Gasteiger partial charge in [-0.25, -0.2) is 9.97 Å². The van der Waals surface area contributed by atoms with Gasteiger partial charge in [-0.2, -0.15) is 5.10 Å². The standard InChI is InChI=1S/C15H14N4O/c1-2-11-6-7-12(15-16-9-17-19-15)18-14(11)13(3-1)20-8-10-4-5-10/h1-3,6-7,9-10H,4-5,8H2,(H,16,17,19). The maximum atomic E-state index is 5.91. The summed E-state index contributed by atoms with van der Waals surface area (Å²) in [5.41, 5.74) is 1.65. The topological polar surface area (TPSA) is 63.7 Å². The van der Waals surface area contributed by atoms with Gasteiger partial charge in [0.2, 0.25) is 0 Å². The van der Waals surface area contributed by atoms with Crippen LogP contribution in [0.25, 0.3) is 22.4 Å². The van der Waals surface area contributed by atoms with E-state index in [9.17, 15) is 0 Å². The molecule has 5 heteroatoms. The van der Waals surface area contributed by atoms with Crippen LogP contribution in [0, 0.1) is 5.92 Å². The number of para-hydroxylation sites is 1. The Hall–Kier alpha value is -2.43. The van der Waals surface area contributed by atoms with E-state index in [0.29, 0.717) is 5.82 Å². The maximum Gasteiger partial charge on any atom is 0.174 e. The molecule has 1 aliphatic carbocycles. The zero-order chi connectivity index (χ0) is 13.4. The molecule has 3 aromatic rings. The molecule has 1 aromatic carbocycles. The second-order valence-corrected chi connectivity index (χ2v) is 5.11. The number of rotatable bonds is 4. The molecule has 0 saturated heterocycles. The molecule has 1 fully saturated rings. The van der Waals surface area contributed by atoms with Crippen LogP contribution in [0.4, 0.5) is 0 Å². The van der Waals surface area contributed by atoms with E-state index in [-0.39, 0.29) is 0 Å². The van der Waals surface area contributed by atoms with Gasteiger partial charge in [-0.15, -0.1) is 0 Å². The van der Waals surface area contributed by atoms with Gasteiger partial charge < -0.3 is 4.74 Å². The van der Waals surface area contributed by atoms with E-state index in [0.717, 1.165) is 34.9 Å². The minimum Gasteiger partial charge on any atom is -0.491 e. The quantitative estimate of drug-likeness (QED) is 0.788. The lowest BCUT2D eigenvalue weighted by Gasteiger charge is -2.08. The minimum absolute atomic E-state index is 0.670. The van der Waals surface area contributed by atoms with Gasteiger partial charge in [0.15, 0.2) is 5.82 Å². The molecule has 4 rings (SSSR count). The van der Waals surface area contributed by atoms with Gasteiger partial charge in [0.1, 0.15) is 23.3 Å². The molecule has 0 unspecified atom stereocenters. The van der Waals surface area contributed by atoms with Crippen molar-refractivity contribution in [1.82, 2.24) is 20.2 Å². The van der Waals surface area contributed by atoms with E-state index in [1.165, 1.54) is 19.2 Å². The highest BCUT2D eigenvalue weighted by Crippen LogP contribution is 2.31. The molecule has 0 atom stereocenters. The lowest BCUT2D eigenvalue weighted by Crippen LogP contribution is -2.00. The smallest absolute Gasteiger partial charge is 0.174 e. The molecule has 2 heterocycles. The van der Waals surface area contributed by atoms with E-state index in [1.807, 2.05) is 30.3 Å². The predicted octanol–water partition coefficient (Wildman–Crippen LogP) is 2.81. The van der Waals surface area contributed by atoms with Gasteiger partial charge in [0, 0.05) is 5.39 Å². The average molecular weight is 266 g/mol. The summed E-state index contributed by atoms with van der Waals surface area (Å²) in [6.07, 6.45) is 4.04. The first kappa shape index (κ1) is 11.4. The van der Waals surface area contributed by atoms with Crippen molar-refractivity contribution >= 4 is 10.9 Å². The fourth-order valence-corrected chi connectivity index (χ4v) is 2.19. The molecule has 0 amide bonds. The zero-order valence-electron chi connectivity index (χ0n) is 10.9. The second kappa shape index (κ2) is 4.59. The Balaban J connectivity index is 1.75. The number of aromatic amines is 1. The number of hydrogen-bond acceptors (Lipinski definition) is 4. The molecule has 5 nitrogen and oxygen atoms in total. The van der Waals surface area contributed by atoms with Gasteiger partial charge in [-0.05, 0) is 30.9 Å². The Kier molecular flexibility index (Phi) is 2.62. The van der Waals surface area contributed by atoms with E-state index in [1.54, 1.807) is 0 Å². The molecular weight excluding hydrogens is 252 g/mol. The van der Waals surface area contributed by atoms with Crippen molar-refractivity contribution in [2.45, 2.75) is 12.8 Å². The first-order valence-electron chi connectivity index (χ1n) is 6.78. The van der Waals surface area contributed by atoms with Gasteiger partial charge in [0.05, 0.1) is 6.61 Å². The van der Waals surface area contributed by atoms with Crippen LogP contribution in [-0.2, 0) is 0 Å². The van der Waals surface area contributed by atoms with Crippen molar-refractivity contribution in [3.05, 3.63) is 36.7 Å². The SMILES string of the molecule is c1cc(OCC2CC2)c2nc(-c3ncn[nH]3)ccc2c1. The van der Waals surface area contributed by atoms with Crippen LogP contribution in [0.5, 0.6) is 5.75 Å². The summed E-state index contributed by atoms with van der Waals surface area (Å²) in [7, 11) is 0. The second-order valence-electron chi connectivity index (χ2n) is 5.11. The van der Waals surface area contributed by atoms with Crippen LogP contribution >= 0.6 is 0 Å². The van der Waals surface area contributed by atoms with E-state index in [4.69, 9.17) is 4.74 Å². The highest BCUT2D eigenvalue weighted by molar-refractivity contribution is 5.86. The van der Waals surface area contributed by atoms with E-state index >= 15 is 0 Å². The van der Waals surface area contributed by atoms with Crippen molar-refractivity contribution in [3.63, 3.8) is 0 Å². The van der Waals surface area contributed by atoms with Crippen LogP contribution in [0.1, 0.15) is 12.8 Å². The largest absolute Gasteiger partial charge is 0.491 e. The Morgan fingerprint density at radius 1 is 1.20 bits per heavy atom.